The molecule has 3 nitrogen and oxygen atoms in total. The highest BCUT2D eigenvalue weighted by atomic mass is 32.1. The van der Waals surface area contributed by atoms with Crippen LogP contribution in [0.5, 0.6) is 0 Å². The molecule has 0 fully saturated rings. The molecule has 0 aliphatic rings. The lowest BCUT2D eigenvalue weighted by Crippen LogP contribution is -2.25. The van der Waals surface area contributed by atoms with Crippen molar-refractivity contribution >= 4 is 23.0 Å². The molecule has 30 heavy (non-hydrogen) atoms. The SMILES string of the molecule is O=C(NCc1ccccc1-c1ccsc1)c1ccccc1C(=O)c1ccc(F)cc1. The van der Waals surface area contributed by atoms with Crippen LogP contribution in [-0.4, -0.2) is 11.7 Å². The summed E-state index contributed by atoms with van der Waals surface area (Å²) in [5.41, 5.74) is 4.07. The van der Waals surface area contributed by atoms with Crippen molar-refractivity contribution in [3.63, 3.8) is 0 Å². The molecule has 1 amide bonds. The van der Waals surface area contributed by atoms with Gasteiger partial charge >= 0.3 is 0 Å². The number of nitrogens with one attached hydrogen (secondary N) is 1. The number of benzene rings is 3. The number of hydrogen-bond donors (Lipinski definition) is 1. The van der Waals surface area contributed by atoms with Gasteiger partial charge in [-0.2, -0.15) is 11.3 Å². The molecule has 5 heteroatoms. The average molecular weight is 415 g/mol. The molecular weight excluding hydrogens is 397 g/mol. The van der Waals surface area contributed by atoms with E-state index in [2.05, 4.69) is 10.7 Å². The van der Waals surface area contributed by atoms with Crippen LogP contribution in [0.3, 0.4) is 0 Å². The second-order valence-corrected chi connectivity index (χ2v) is 7.51. The Balaban J connectivity index is 1.56. The van der Waals surface area contributed by atoms with Crippen LogP contribution in [0.25, 0.3) is 11.1 Å². The summed E-state index contributed by atoms with van der Waals surface area (Å²) in [4.78, 5) is 25.8. The van der Waals surface area contributed by atoms with Gasteiger partial charge in [0.15, 0.2) is 5.78 Å². The molecule has 0 radical (unpaired) electrons. The summed E-state index contributed by atoms with van der Waals surface area (Å²) in [5.74, 6) is -1.07. The second-order valence-electron chi connectivity index (χ2n) is 6.73. The lowest BCUT2D eigenvalue weighted by Gasteiger charge is -2.12. The fourth-order valence-electron chi connectivity index (χ4n) is 3.28. The number of ketones is 1. The molecule has 1 aromatic heterocycles. The van der Waals surface area contributed by atoms with E-state index < -0.39 is 5.82 Å². The van der Waals surface area contributed by atoms with Crippen LogP contribution in [0, 0.1) is 5.82 Å². The third kappa shape index (κ3) is 4.21. The number of amides is 1. The molecule has 0 bridgehead atoms. The van der Waals surface area contributed by atoms with Crippen molar-refractivity contribution in [1.82, 2.24) is 5.32 Å². The number of thiophene rings is 1. The van der Waals surface area contributed by atoms with Crippen molar-refractivity contribution in [2.45, 2.75) is 6.54 Å². The van der Waals surface area contributed by atoms with Gasteiger partial charge in [-0.3, -0.25) is 9.59 Å². The zero-order valence-corrected chi connectivity index (χ0v) is 16.8. The van der Waals surface area contributed by atoms with Crippen LogP contribution in [0.1, 0.15) is 31.8 Å². The molecule has 4 rings (SSSR count). The molecule has 1 N–H and O–H groups in total. The van der Waals surface area contributed by atoms with E-state index >= 15 is 0 Å². The molecule has 1 heterocycles. The van der Waals surface area contributed by atoms with Crippen LogP contribution in [0.4, 0.5) is 4.39 Å². The van der Waals surface area contributed by atoms with E-state index in [1.165, 1.54) is 24.3 Å². The smallest absolute Gasteiger partial charge is 0.252 e. The highest BCUT2D eigenvalue weighted by Crippen LogP contribution is 2.26. The third-order valence-electron chi connectivity index (χ3n) is 4.81. The normalized spacial score (nSPS) is 10.6. The molecule has 148 valence electrons. The van der Waals surface area contributed by atoms with Crippen molar-refractivity contribution in [2.24, 2.45) is 0 Å². The van der Waals surface area contributed by atoms with Crippen LogP contribution in [-0.2, 0) is 6.54 Å². The maximum atomic E-state index is 13.2. The van der Waals surface area contributed by atoms with Gasteiger partial charge in [0.05, 0.1) is 5.56 Å². The van der Waals surface area contributed by atoms with Gasteiger partial charge in [0.1, 0.15) is 5.82 Å². The van der Waals surface area contributed by atoms with E-state index in [0.717, 1.165) is 16.7 Å². The number of carbonyl (C=O) groups is 2. The maximum absolute atomic E-state index is 13.2. The summed E-state index contributed by atoms with van der Waals surface area (Å²) in [6.07, 6.45) is 0. The van der Waals surface area contributed by atoms with E-state index in [4.69, 9.17) is 0 Å². The Morgan fingerprint density at radius 1 is 0.833 bits per heavy atom. The molecule has 0 saturated carbocycles. The Kier molecular flexibility index (Phi) is 5.82. The van der Waals surface area contributed by atoms with E-state index in [9.17, 15) is 14.0 Å². The molecule has 4 aromatic rings. The van der Waals surface area contributed by atoms with E-state index in [1.54, 1.807) is 35.6 Å². The van der Waals surface area contributed by atoms with Gasteiger partial charge < -0.3 is 5.32 Å². The molecule has 0 unspecified atom stereocenters. The summed E-state index contributed by atoms with van der Waals surface area (Å²) >= 11 is 1.62. The first-order chi connectivity index (χ1) is 14.6. The van der Waals surface area contributed by atoms with Gasteiger partial charge in [-0.1, -0.05) is 42.5 Å². The molecule has 3 aromatic carbocycles. The van der Waals surface area contributed by atoms with E-state index in [0.29, 0.717) is 17.7 Å². The maximum Gasteiger partial charge on any atom is 0.252 e. The highest BCUT2D eigenvalue weighted by molar-refractivity contribution is 7.08. The first-order valence-electron chi connectivity index (χ1n) is 9.41. The van der Waals surface area contributed by atoms with E-state index in [-0.39, 0.29) is 17.3 Å². The van der Waals surface area contributed by atoms with Crippen molar-refractivity contribution in [3.8, 4) is 11.1 Å². The van der Waals surface area contributed by atoms with Gasteiger partial charge in [-0.05, 0) is 63.8 Å². The molecule has 0 aliphatic heterocycles. The van der Waals surface area contributed by atoms with Gasteiger partial charge in [-0.25, -0.2) is 4.39 Å². The standard InChI is InChI=1S/C25H18FNO2S/c26-20-11-9-17(10-12-20)24(28)22-7-3-4-8-23(22)25(29)27-15-18-5-1-2-6-21(18)19-13-14-30-16-19/h1-14,16H,15H2,(H,27,29). The summed E-state index contributed by atoms with van der Waals surface area (Å²) in [7, 11) is 0. The highest BCUT2D eigenvalue weighted by Gasteiger charge is 2.18. The second kappa shape index (κ2) is 8.84. The monoisotopic (exact) mass is 415 g/mol. The zero-order valence-electron chi connectivity index (χ0n) is 16.0. The molecular formula is C25H18FNO2S. The Bertz CT molecular complexity index is 1180. The molecule has 0 saturated heterocycles. The summed E-state index contributed by atoms with van der Waals surface area (Å²) in [6.45, 7) is 0.337. The van der Waals surface area contributed by atoms with Gasteiger partial charge in [0.25, 0.3) is 5.91 Å². The lowest BCUT2D eigenvalue weighted by molar-refractivity contribution is 0.0939. The zero-order chi connectivity index (χ0) is 20.9. The van der Waals surface area contributed by atoms with Crippen molar-refractivity contribution in [2.75, 3.05) is 0 Å². The number of hydrogen-bond acceptors (Lipinski definition) is 3. The average Bonchev–Trinajstić information content (AvgIpc) is 3.32. The van der Waals surface area contributed by atoms with E-state index in [1.807, 2.05) is 35.7 Å². The number of halogens is 1. The minimum atomic E-state index is -0.415. The summed E-state index contributed by atoms with van der Waals surface area (Å²) in [5, 5.41) is 7.01. The first-order valence-corrected chi connectivity index (χ1v) is 10.4. The topological polar surface area (TPSA) is 46.2 Å². The Labute approximate surface area is 177 Å². The van der Waals surface area contributed by atoms with Crippen molar-refractivity contribution in [1.29, 1.82) is 0 Å². The largest absolute Gasteiger partial charge is 0.348 e. The Morgan fingerprint density at radius 3 is 2.27 bits per heavy atom. The number of rotatable bonds is 6. The predicted octanol–water partition coefficient (Wildman–Crippen LogP) is 5.72. The van der Waals surface area contributed by atoms with Crippen LogP contribution in [0.15, 0.2) is 89.6 Å². The first kappa shape index (κ1) is 19.7. The molecule has 0 aliphatic carbocycles. The lowest BCUT2D eigenvalue weighted by atomic mass is 9.97. The van der Waals surface area contributed by atoms with Crippen molar-refractivity contribution in [3.05, 3.63) is 118 Å². The summed E-state index contributed by atoms with van der Waals surface area (Å²) < 4.78 is 13.2. The van der Waals surface area contributed by atoms with Gasteiger partial charge in [0.2, 0.25) is 0 Å². The van der Waals surface area contributed by atoms with Crippen LogP contribution >= 0.6 is 11.3 Å². The van der Waals surface area contributed by atoms with Gasteiger partial charge in [0, 0.05) is 17.7 Å². The quantitative estimate of drug-likeness (QED) is 0.410. The fourth-order valence-corrected chi connectivity index (χ4v) is 3.94. The molecule has 0 spiro atoms. The summed E-state index contributed by atoms with van der Waals surface area (Å²) in [6, 6.07) is 21.9. The number of carbonyl (C=O) groups excluding carboxylic acids is 2. The van der Waals surface area contributed by atoms with Crippen molar-refractivity contribution < 1.29 is 14.0 Å². The van der Waals surface area contributed by atoms with Crippen LogP contribution in [0.2, 0.25) is 0 Å². The molecule has 0 atom stereocenters. The van der Waals surface area contributed by atoms with Crippen LogP contribution < -0.4 is 5.32 Å². The predicted molar refractivity (Wildman–Crippen MR) is 117 cm³/mol. The fraction of sp³-hybridized carbons (Fsp3) is 0.0400. The Morgan fingerprint density at radius 2 is 1.53 bits per heavy atom. The third-order valence-corrected chi connectivity index (χ3v) is 5.49. The Hall–Kier alpha value is -3.57. The minimum Gasteiger partial charge on any atom is -0.348 e. The van der Waals surface area contributed by atoms with Gasteiger partial charge in [-0.15, -0.1) is 0 Å². The minimum absolute atomic E-state index is 0.285.